The summed E-state index contributed by atoms with van der Waals surface area (Å²) in [7, 11) is 1.56. The number of benzene rings is 2. The minimum Gasteiger partial charge on any atom is -0.338 e. The third kappa shape index (κ3) is 2.30. The Kier molecular flexibility index (Phi) is 3.62. The Bertz CT molecular complexity index is 1130. The maximum absolute atomic E-state index is 12.8. The number of rotatable bonds is 3. The fourth-order valence-corrected chi connectivity index (χ4v) is 4.45. The normalized spacial score (nSPS) is 18.5. The predicted molar refractivity (Wildman–Crippen MR) is 104 cm³/mol. The van der Waals surface area contributed by atoms with Gasteiger partial charge in [-0.25, -0.2) is 4.79 Å². The summed E-state index contributed by atoms with van der Waals surface area (Å²) >= 11 is 0. The first kappa shape index (κ1) is 16.7. The van der Waals surface area contributed by atoms with Gasteiger partial charge in [0, 0.05) is 42.3 Å². The number of likely N-dealkylation sites (N-methyl/N-ethyl adjacent to an activating group) is 1. The van der Waals surface area contributed by atoms with Crippen molar-refractivity contribution in [3.8, 4) is 0 Å². The van der Waals surface area contributed by atoms with Crippen LogP contribution in [0.2, 0.25) is 0 Å². The number of amides is 3. The monoisotopic (exact) mass is 373 g/mol. The molecule has 1 aromatic heterocycles. The van der Waals surface area contributed by atoms with Crippen molar-refractivity contribution in [3.63, 3.8) is 0 Å². The van der Waals surface area contributed by atoms with Gasteiger partial charge in [0.15, 0.2) is 0 Å². The minimum absolute atomic E-state index is 0.138. The first-order valence-corrected chi connectivity index (χ1v) is 9.29. The summed E-state index contributed by atoms with van der Waals surface area (Å²) < 4.78 is 2.20. The fourth-order valence-electron chi connectivity index (χ4n) is 4.45. The molecule has 0 N–H and O–H groups in total. The number of aldehydes is 1. The summed E-state index contributed by atoms with van der Waals surface area (Å²) in [6.07, 6.45) is 0.832. The average molecular weight is 373 g/mol. The van der Waals surface area contributed by atoms with Gasteiger partial charge in [0.1, 0.15) is 6.29 Å². The van der Waals surface area contributed by atoms with E-state index >= 15 is 0 Å². The van der Waals surface area contributed by atoms with E-state index in [1.165, 1.54) is 4.90 Å². The number of hydrogen-bond acceptors (Lipinski definition) is 3. The third-order valence-corrected chi connectivity index (χ3v) is 5.86. The quantitative estimate of drug-likeness (QED) is 0.663. The second kappa shape index (κ2) is 6.05. The van der Waals surface area contributed by atoms with Crippen LogP contribution in [-0.4, -0.2) is 46.2 Å². The highest BCUT2D eigenvalue weighted by Crippen LogP contribution is 2.40. The van der Waals surface area contributed by atoms with Crippen LogP contribution in [0, 0.1) is 0 Å². The highest BCUT2D eigenvalue weighted by Gasteiger charge is 2.44. The lowest BCUT2D eigenvalue weighted by Crippen LogP contribution is -2.56. The maximum Gasteiger partial charge on any atom is 0.326 e. The van der Waals surface area contributed by atoms with Crippen molar-refractivity contribution in [1.29, 1.82) is 0 Å². The number of aromatic nitrogens is 1. The van der Waals surface area contributed by atoms with Gasteiger partial charge in [0.25, 0.3) is 0 Å². The van der Waals surface area contributed by atoms with E-state index in [9.17, 15) is 14.4 Å². The number of para-hydroxylation sites is 1. The Balaban J connectivity index is 1.68. The number of urea groups is 1. The number of fused-ring (bicyclic) bond motifs is 6. The molecular formula is C22H19N3O3. The number of carbonyl (C=O) groups excluding carboxylic acids is 3. The molecule has 1 fully saturated rings. The van der Waals surface area contributed by atoms with Crippen LogP contribution in [0.3, 0.4) is 0 Å². The standard InChI is InChI=1S/C22H19N3O3/c1-23-21(27)17-11-24(22(23)28)12-19-20(17)16-4-2-3-5-18(16)25(19)10-14-6-8-15(13-26)9-7-14/h2-9,13,17H,10-12H2,1H3. The molecule has 0 saturated carbocycles. The molecule has 2 aromatic carbocycles. The second-order valence-electron chi connectivity index (χ2n) is 7.44. The molecule has 3 aromatic rings. The lowest BCUT2D eigenvalue weighted by molar-refractivity contribution is -0.132. The van der Waals surface area contributed by atoms with Crippen LogP contribution in [-0.2, 0) is 17.9 Å². The van der Waals surface area contributed by atoms with Gasteiger partial charge in [-0.3, -0.25) is 14.5 Å². The molecule has 2 aliphatic heterocycles. The summed E-state index contributed by atoms with van der Waals surface area (Å²) in [5.41, 5.74) is 4.83. The van der Waals surface area contributed by atoms with Crippen LogP contribution in [0.1, 0.15) is 33.1 Å². The smallest absolute Gasteiger partial charge is 0.326 e. The predicted octanol–water partition coefficient (Wildman–Crippen LogP) is 2.99. The molecule has 140 valence electrons. The largest absolute Gasteiger partial charge is 0.338 e. The summed E-state index contributed by atoms with van der Waals surface area (Å²) in [6.45, 7) is 1.55. The van der Waals surface area contributed by atoms with Crippen molar-refractivity contribution >= 4 is 29.1 Å². The van der Waals surface area contributed by atoms with Crippen molar-refractivity contribution in [1.82, 2.24) is 14.4 Å². The molecule has 0 aliphatic carbocycles. The minimum atomic E-state index is -0.324. The molecule has 2 aliphatic rings. The molecule has 6 nitrogen and oxygen atoms in total. The van der Waals surface area contributed by atoms with Gasteiger partial charge in [0.05, 0.1) is 12.5 Å². The zero-order valence-corrected chi connectivity index (χ0v) is 15.5. The van der Waals surface area contributed by atoms with E-state index in [1.807, 2.05) is 24.3 Å². The van der Waals surface area contributed by atoms with Crippen LogP contribution in [0.5, 0.6) is 0 Å². The van der Waals surface area contributed by atoms with E-state index in [0.717, 1.165) is 34.0 Å². The van der Waals surface area contributed by atoms with Gasteiger partial charge < -0.3 is 9.47 Å². The molecule has 5 rings (SSSR count). The molecule has 1 saturated heterocycles. The van der Waals surface area contributed by atoms with Crippen LogP contribution in [0.4, 0.5) is 4.79 Å². The van der Waals surface area contributed by atoms with E-state index < -0.39 is 0 Å². The van der Waals surface area contributed by atoms with Gasteiger partial charge in [-0.1, -0.05) is 42.5 Å². The van der Waals surface area contributed by atoms with Gasteiger partial charge >= 0.3 is 6.03 Å². The van der Waals surface area contributed by atoms with Gasteiger partial charge in [-0.15, -0.1) is 0 Å². The summed E-state index contributed by atoms with van der Waals surface area (Å²) in [4.78, 5) is 39.2. The molecule has 0 radical (unpaired) electrons. The SMILES string of the molecule is CN1C(=O)C2CN(Cc3c2c2ccccc2n3Cc2ccc(C=O)cc2)C1=O. The number of carbonyl (C=O) groups is 3. The van der Waals surface area contributed by atoms with E-state index in [0.29, 0.717) is 25.2 Å². The zero-order valence-electron chi connectivity index (χ0n) is 15.5. The van der Waals surface area contributed by atoms with E-state index in [1.54, 1.807) is 24.1 Å². The van der Waals surface area contributed by atoms with Crippen LogP contribution in [0.15, 0.2) is 48.5 Å². The molecule has 3 heterocycles. The number of imide groups is 1. The van der Waals surface area contributed by atoms with Crippen LogP contribution < -0.4 is 0 Å². The van der Waals surface area contributed by atoms with Gasteiger partial charge in [0.2, 0.25) is 5.91 Å². The Hall–Kier alpha value is -3.41. The maximum atomic E-state index is 12.8. The topological polar surface area (TPSA) is 62.6 Å². The Morgan fingerprint density at radius 3 is 2.57 bits per heavy atom. The zero-order chi connectivity index (χ0) is 19.4. The fraction of sp³-hybridized carbons (Fsp3) is 0.227. The molecule has 1 atom stereocenters. The highest BCUT2D eigenvalue weighted by molar-refractivity contribution is 6.04. The first-order chi connectivity index (χ1) is 13.6. The average Bonchev–Trinajstić information content (AvgIpc) is 3.05. The van der Waals surface area contributed by atoms with Crippen molar-refractivity contribution in [2.24, 2.45) is 0 Å². The van der Waals surface area contributed by atoms with Gasteiger partial charge in [-0.2, -0.15) is 0 Å². The van der Waals surface area contributed by atoms with Crippen LogP contribution >= 0.6 is 0 Å². The Morgan fingerprint density at radius 2 is 1.82 bits per heavy atom. The van der Waals surface area contributed by atoms with Gasteiger partial charge in [-0.05, 0) is 17.2 Å². The molecule has 6 heteroatoms. The lowest BCUT2D eigenvalue weighted by Gasteiger charge is -2.41. The van der Waals surface area contributed by atoms with Crippen molar-refractivity contribution in [2.75, 3.05) is 13.6 Å². The number of hydrogen-bond donors (Lipinski definition) is 0. The summed E-state index contributed by atoms with van der Waals surface area (Å²) in [5, 5.41) is 1.07. The summed E-state index contributed by atoms with van der Waals surface area (Å²) in [5.74, 6) is -0.463. The van der Waals surface area contributed by atoms with E-state index in [4.69, 9.17) is 0 Å². The second-order valence-corrected chi connectivity index (χ2v) is 7.44. The molecule has 1 unspecified atom stereocenters. The summed E-state index contributed by atoms with van der Waals surface area (Å²) in [6, 6.07) is 15.4. The van der Waals surface area contributed by atoms with Crippen molar-refractivity contribution in [3.05, 3.63) is 70.9 Å². The molecule has 3 amide bonds. The van der Waals surface area contributed by atoms with E-state index in [2.05, 4.69) is 16.7 Å². The van der Waals surface area contributed by atoms with Crippen molar-refractivity contribution in [2.45, 2.75) is 19.0 Å². The molecular weight excluding hydrogens is 354 g/mol. The van der Waals surface area contributed by atoms with Crippen LogP contribution in [0.25, 0.3) is 10.9 Å². The molecule has 0 spiro atoms. The molecule has 2 bridgehead atoms. The highest BCUT2D eigenvalue weighted by atomic mass is 16.2. The first-order valence-electron chi connectivity index (χ1n) is 9.29. The Labute approximate surface area is 162 Å². The third-order valence-electron chi connectivity index (χ3n) is 5.86. The Morgan fingerprint density at radius 1 is 1.07 bits per heavy atom. The number of nitrogens with zero attached hydrogens (tertiary/aromatic N) is 3. The molecule has 28 heavy (non-hydrogen) atoms. The lowest BCUT2D eigenvalue weighted by atomic mass is 9.89. The van der Waals surface area contributed by atoms with Crippen molar-refractivity contribution < 1.29 is 14.4 Å². The van der Waals surface area contributed by atoms with E-state index in [-0.39, 0.29) is 17.9 Å².